The van der Waals surface area contributed by atoms with E-state index in [9.17, 15) is 5.11 Å². The van der Waals surface area contributed by atoms with Gasteiger partial charge in [0.25, 0.3) is 0 Å². The number of aliphatic imine (C=N–C) groups is 1. The van der Waals surface area contributed by atoms with Crippen LogP contribution in [0.15, 0.2) is 29.3 Å². The molecule has 1 saturated carbocycles. The molecule has 2 fully saturated rings. The van der Waals surface area contributed by atoms with Gasteiger partial charge in [-0.15, -0.1) is 0 Å². The van der Waals surface area contributed by atoms with Crippen LogP contribution in [0.4, 0.5) is 0 Å². The summed E-state index contributed by atoms with van der Waals surface area (Å²) in [4.78, 5) is 7.20. The maximum absolute atomic E-state index is 10.0. The summed E-state index contributed by atoms with van der Waals surface area (Å²) in [5.41, 5.74) is 1.37. The van der Waals surface area contributed by atoms with Crippen molar-refractivity contribution in [3.63, 3.8) is 0 Å². The summed E-state index contributed by atoms with van der Waals surface area (Å²) >= 11 is 0. The highest BCUT2D eigenvalue weighted by Gasteiger charge is 2.28. The summed E-state index contributed by atoms with van der Waals surface area (Å²) in [5, 5.41) is 13.4. The van der Waals surface area contributed by atoms with E-state index in [1.165, 1.54) is 5.56 Å². The average molecular weight is 345 g/mol. The number of rotatable bonds is 5. The SMILES string of the molecule is CCNC(=NCC1CCCC1O)N1CCC(c2ccc(OC)cc2)C1. The molecule has 0 spiro atoms. The van der Waals surface area contributed by atoms with E-state index < -0.39 is 0 Å². The standard InChI is InChI=1S/C20H31N3O2/c1-3-21-20(22-13-16-5-4-6-19(16)24)23-12-11-17(14-23)15-7-9-18(25-2)10-8-15/h7-10,16-17,19,24H,3-6,11-14H2,1-2H3,(H,21,22). The van der Waals surface area contributed by atoms with E-state index >= 15 is 0 Å². The van der Waals surface area contributed by atoms with Crippen LogP contribution in [0.5, 0.6) is 5.75 Å². The predicted octanol–water partition coefficient (Wildman–Crippen LogP) is 2.61. The Morgan fingerprint density at radius 1 is 1.28 bits per heavy atom. The third kappa shape index (κ3) is 4.46. The van der Waals surface area contributed by atoms with Crippen LogP contribution < -0.4 is 10.1 Å². The molecule has 1 aliphatic carbocycles. The minimum Gasteiger partial charge on any atom is -0.497 e. The Bertz CT molecular complexity index is 573. The predicted molar refractivity (Wildman–Crippen MR) is 101 cm³/mol. The molecule has 3 unspecified atom stereocenters. The zero-order valence-corrected chi connectivity index (χ0v) is 15.4. The second-order valence-corrected chi connectivity index (χ2v) is 7.16. The van der Waals surface area contributed by atoms with Gasteiger partial charge in [-0.25, -0.2) is 0 Å². The molecule has 1 aromatic rings. The normalized spacial score (nSPS) is 26.9. The number of methoxy groups -OCH3 is 1. The van der Waals surface area contributed by atoms with Crippen LogP contribution in [0.2, 0.25) is 0 Å². The molecule has 2 aliphatic rings. The fourth-order valence-electron chi connectivity index (χ4n) is 3.96. The highest BCUT2D eigenvalue weighted by molar-refractivity contribution is 5.80. The van der Waals surface area contributed by atoms with Crippen LogP contribution in [0.1, 0.15) is 44.1 Å². The molecule has 5 nitrogen and oxygen atoms in total. The second-order valence-electron chi connectivity index (χ2n) is 7.16. The van der Waals surface area contributed by atoms with Crippen molar-refractivity contribution in [1.29, 1.82) is 0 Å². The fourth-order valence-corrected chi connectivity index (χ4v) is 3.96. The number of nitrogens with zero attached hydrogens (tertiary/aromatic N) is 2. The number of nitrogens with one attached hydrogen (secondary N) is 1. The first-order valence-corrected chi connectivity index (χ1v) is 9.56. The van der Waals surface area contributed by atoms with Crippen molar-refractivity contribution < 1.29 is 9.84 Å². The first kappa shape index (κ1) is 18.1. The summed E-state index contributed by atoms with van der Waals surface area (Å²) in [7, 11) is 1.70. The zero-order valence-electron chi connectivity index (χ0n) is 15.4. The van der Waals surface area contributed by atoms with Crippen LogP contribution in [-0.4, -0.2) is 55.4 Å². The van der Waals surface area contributed by atoms with Gasteiger partial charge in [-0.2, -0.15) is 0 Å². The maximum Gasteiger partial charge on any atom is 0.193 e. The minimum atomic E-state index is -0.169. The van der Waals surface area contributed by atoms with Gasteiger partial charge < -0.3 is 20.1 Å². The van der Waals surface area contributed by atoms with Crippen LogP contribution in [-0.2, 0) is 0 Å². The molecule has 25 heavy (non-hydrogen) atoms. The summed E-state index contributed by atoms with van der Waals surface area (Å²) < 4.78 is 5.25. The number of hydrogen-bond acceptors (Lipinski definition) is 3. The van der Waals surface area contributed by atoms with E-state index in [1.54, 1.807) is 7.11 Å². The van der Waals surface area contributed by atoms with Gasteiger partial charge in [-0.05, 0) is 43.9 Å². The molecular weight excluding hydrogens is 314 g/mol. The Balaban J connectivity index is 1.62. The third-order valence-corrected chi connectivity index (χ3v) is 5.50. The quantitative estimate of drug-likeness (QED) is 0.636. The topological polar surface area (TPSA) is 57.1 Å². The van der Waals surface area contributed by atoms with Crippen LogP contribution >= 0.6 is 0 Å². The van der Waals surface area contributed by atoms with Crippen LogP contribution in [0.3, 0.4) is 0 Å². The van der Waals surface area contributed by atoms with Gasteiger partial charge in [0.05, 0.1) is 13.2 Å². The molecule has 5 heteroatoms. The molecule has 2 N–H and O–H groups in total. The summed E-state index contributed by atoms with van der Waals surface area (Å²) in [6, 6.07) is 8.43. The lowest BCUT2D eigenvalue weighted by atomic mass is 9.98. The van der Waals surface area contributed by atoms with E-state index in [-0.39, 0.29) is 6.10 Å². The lowest BCUT2D eigenvalue weighted by molar-refractivity contribution is 0.136. The van der Waals surface area contributed by atoms with Crippen molar-refractivity contribution in [3.8, 4) is 5.75 Å². The van der Waals surface area contributed by atoms with Crippen molar-refractivity contribution in [1.82, 2.24) is 10.2 Å². The Labute approximate surface area is 151 Å². The fraction of sp³-hybridized carbons (Fsp3) is 0.650. The van der Waals surface area contributed by atoms with Crippen molar-refractivity contribution in [2.75, 3.05) is 33.3 Å². The van der Waals surface area contributed by atoms with Gasteiger partial charge in [0.2, 0.25) is 0 Å². The highest BCUT2D eigenvalue weighted by Crippen LogP contribution is 2.29. The number of aliphatic hydroxyl groups is 1. The molecule has 1 heterocycles. The first-order chi connectivity index (χ1) is 12.2. The minimum absolute atomic E-state index is 0.169. The van der Waals surface area contributed by atoms with Gasteiger partial charge >= 0.3 is 0 Å². The largest absolute Gasteiger partial charge is 0.497 e. The van der Waals surface area contributed by atoms with Gasteiger partial charge in [0.1, 0.15) is 5.75 Å². The van der Waals surface area contributed by atoms with Crippen molar-refractivity contribution in [2.45, 2.75) is 44.6 Å². The molecule has 1 saturated heterocycles. The Morgan fingerprint density at radius 3 is 2.72 bits per heavy atom. The molecule has 0 aromatic heterocycles. The Hall–Kier alpha value is -1.75. The summed E-state index contributed by atoms with van der Waals surface area (Å²) in [5.74, 6) is 2.77. The van der Waals surface area contributed by atoms with E-state index in [0.29, 0.717) is 11.8 Å². The van der Waals surface area contributed by atoms with Crippen LogP contribution in [0.25, 0.3) is 0 Å². The number of guanidine groups is 1. The second kappa shape index (κ2) is 8.56. The highest BCUT2D eigenvalue weighted by atomic mass is 16.5. The molecule has 0 bridgehead atoms. The van der Waals surface area contributed by atoms with Crippen molar-refractivity contribution in [2.24, 2.45) is 10.9 Å². The Kier molecular flexibility index (Phi) is 6.19. The monoisotopic (exact) mass is 345 g/mol. The Morgan fingerprint density at radius 2 is 2.08 bits per heavy atom. The van der Waals surface area contributed by atoms with E-state index in [4.69, 9.17) is 9.73 Å². The number of benzene rings is 1. The average Bonchev–Trinajstić information content (AvgIpc) is 3.28. The maximum atomic E-state index is 10.0. The number of likely N-dealkylation sites (tertiary alicyclic amines) is 1. The van der Waals surface area contributed by atoms with Crippen molar-refractivity contribution in [3.05, 3.63) is 29.8 Å². The molecule has 0 radical (unpaired) electrons. The smallest absolute Gasteiger partial charge is 0.193 e. The van der Waals surface area contributed by atoms with Crippen molar-refractivity contribution >= 4 is 5.96 Å². The lowest BCUT2D eigenvalue weighted by Gasteiger charge is -2.23. The van der Waals surface area contributed by atoms with E-state index in [2.05, 4.69) is 29.3 Å². The molecule has 3 rings (SSSR count). The molecular formula is C20H31N3O2. The van der Waals surface area contributed by atoms with Gasteiger partial charge in [0.15, 0.2) is 5.96 Å². The molecule has 138 valence electrons. The summed E-state index contributed by atoms with van der Waals surface area (Å²) in [6.07, 6.45) is 4.12. The molecule has 0 amide bonds. The zero-order chi connectivity index (χ0) is 17.6. The lowest BCUT2D eigenvalue weighted by Crippen LogP contribution is -2.40. The number of ether oxygens (including phenoxy) is 1. The molecule has 1 aliphatic heterocycles. The van der Waals surface area contributed by atoms with Gasteiger partial charge in [0, 0.05) is 38.0 Å². The molecule has 3 atom stereocenters. The number of hydrogen-bond donors (Lipinski definition) is 2. The molecule has 1 aromatic carbocycles. The van der Waals surface area contributed by atoms with Gasteiger partial charge in [-0.3, -0.25) is 4.99 Å². The van der Waals surface area contributed by atoms with Gasteiger partial charge in [-0.1, -0.05) is 18.6 Å². The third-order valence-electron chi connectivity index (χ3n) is 5.50. The number of aliphatic hydroxyl groups excluding tert-OH is 1. The van der Waals surface area contributed by atoms with Crippen LogP contribution in [0, 0.1) is 5.92 Å². The van der Waals surface area contributed by atoms with E-state index in [1.807, 2.05) is 12.1 Å². The van der Waals surface area contributed by atoms with E-state index in [0.717, 1.165) is 63.6 Å². The summed E-state index contributed by atoms with van der Waals surface area (Å²) in [6.45, 7) is 5.72. The first-order valence-electron chi connectivity index (χ1n) is 9.56.